The highest BCUT2D eigenvalue weighted by atomic mass is 16.6. The van der Waals surface area contributed by atoms with Crippen LogP contribution in [-0.2, 0) is 0 Å². The molecule has 0 aliphatic rings. The summed E-state index contributed by atoms with van der Waals surface area (Å²) < 4.78 is 12.7. The number of carbonyl (C=O) groups is 1. The highest BCUT2D eigenvalue weighted by Gasteiger charge is 2.12. The van der Waals surface area contributed by atoms with E-state index in [1.165, 1.54) is 7.11 Å². The van der Waals surface area contributed by atoms with Gasteiger partial charge in [-0.3, -0.25) is 0 Å². The zero-order valence-corrected chi connectivity index (χ0v) is 17.2. The first kappa shape index (κ1) is 20.1. The standard InChI is InChI=1S/C25H21N3O3/c1-18-15-24(28(27-18)21-11-7-4-8-12-21)26-17-19-13-14-22(23(16-19)30-2)31-25(29)20-9-5-3-6-10-20/h3-17H,1-2H3. The van der Waals surface area contributed by atoms with Crippen molar-refractivity contribution in [3.8, 4) is 17.2 Å². The quantitative estimate of drug-likeness (QED) is 0.250. The number of aliphatic imine (C=N–C) groups is 1. The first-order valence-electron chi connectivity index (χ1n) is 9.75. The van der Waals surface area contributed by atoms with Crippen molar-refractivity contribution < 1.29 is 14.3 Å². The lowest BCUT2D eigenvalue weighted by Crippen LogP contribution is -2.09. The molecule has 4 aromatic rings. The molecular weight excluding hydrogens is 390 g/mol. The molecule has 1 aromatic heterocycles. The number of hydrogen-bond donors (Lipinski definition) is 0. The fourth-order valence-corrected chi connectivity index (χ4v) is 3.06. The second-order valence-corrected chi connectivity index (χ2v) is 6.82. The third-order valence-corrected chi connectivity index (χ3v) is 4.56. The van der Waals surface area contributed by atoms with Crippen LogP contribution in [0, 0.1) is 6.92 Å². The van der Waals surface area contributed by atoms with Crippen LogP contribution in [0.4, 0.5) is 5.82 Å². The zero-order chi connectivity index (χ0) is 21.6. The lowest BCUT2D eigenvalue weighted by atomic mass is 10.2. The van der Waals surface area contributed by atoms with E-state index in [0.29, 0.717) is 22.9 Å². The zero-order valence-electron chi connectivity index (χ0n) is 17.2. The van der Waals surface area contributed by atoms with Gasteiger partial charge in [0.05, 0.1) is 24.1 Å². The van der Waals surface area contributed by atoms with Crippen molar-refractivity contribution in [2.24, 2.45) is 4.99 Å². The van der Waals surface area contributed by atoms with Crippen molar-refractivity contribution >= 4 is 18.0 Å². The van der Waals surface area contributed by atoms with Gasteiger partial charge in [-0.15, -0.1) is 0 Å². The van der Waals surface area contributed by atoms with E-state index in [4.69, 9.17) is 9.47 Å². The van der Waals surface area contributed by atoms with Crippen LogP contribution < -0.4 is 9.47 Å². The summed E-state index contributed by atoms with van der Waals surface area (Å²) in [6, 6.07) is 25.8. The Labute approximate surface area is 180 Å². The molecule has 0 aliphatic heterocycles. The molecule has 0 fully saturated rings. The molecule has 0 aliphatic carbocycles. The Morgan fingerprint density at radius 1 is 0.935 bits per heavy atom. The summed E-state index contributed by atoms with van der Waals surface area (Å²) in [4.78, 5) is 16.9. The van der Waals surface area contributed by atoms with Crippen molar-refractivity contribution in [3.05, 3.63) is 102 Å². The molecule has 0 atom stereocenters. The predicted octanol–water partition coefficient (Wildman–Crippen LogP) is 5.16. The molecule has 1 heterocycles. The highest BCUT2D eigenvalue weighted by molar-refractivity contribution is 5.91. The van der Waals surface area contributed by atoms with Gasteiger partial charge in [-0.1, -0.05) is 36.4 Å². The van der Waals surface area contributed by atoms with Gasteiger partial charge in [0, 0.05) is 12.3 Å². The van der Waals surface area contributed by atoms with E-state index in [2.05, 4.69) is 10.1 Å². The molecule has 6 heteroatoms. The fourth-order valence-electron chi connectivity index (χ4n) is 3.06. The molecule has 0 radical (unpaired) electrons. The molecule has 0 bridgehead atoms. The number of aromatic nitrogens is 2. The van der Waals surface area contributed by atoms with Crippen molar-refractivity contribution in [3.63, 3.8) is 0 Å². The fraction of sp³-hybridized carbons (Fsp3) is 0.0800. The summed E-state index contributed by atoms with van der Waals surface area (Å²) in [7, 11) is 1.53. The first-order valence-corrected chi connectivity index (χ1v) is 9.75. The Kier molecular flexibility index (Phi) is 5.89. The number of methoxy groups -OCH3 is 1. The summed E-state index contributed by atoms with van der Waals surface area (Å²) in [5.41, 5.74) is 3.08. The van der Waals surface area contributed by atoms with Crippen molar-refractivity contribution in [2.45, 2.75) is 6.92 Å². The molecule has 0 amide bonds. The van der Waals surface area contributed by atoms with Crippen LogP contribution >= 0.6 is 0 Å². The van der Waals surface area contributed by atoms with Gasteiger partial charge in [-0.05, 0) is 55.0 Å². The van der Waals surface area contributed by atoms with E-state index >= 15 is 0 Å². The monoisotopic (exact) mass is 411 g/mol. The number of para-hydroxylation sites is 1. The molecule has 0 saturated heterocycles. The molecule has 0 N–H and O–H groups in total. The number of benzene rings is 3. The number of rotatable bonds is 6. The molecule has 0 saturated carbocycles. The van der Waals surface area contributed by atoms with Crippen molar-refractivity contribution in [1.82, 2.24) is 9.78 Å². The topological polar surface area (TPSA) is 65.7 Å². The summed E-state index contributed by atoms with van der Waals surface area (Å²) in [5, 5.41) is 4.52. The first-order chi connectivity index (χ1) is 15.1. The molecule has 6 nitrogen and oxygen atoms in total. The summed E-state index contributed by atoms with van der Waals surface area (Å²) >= 11 is 0. The summed E-state index contributed by atoms with van der Waals surface area (Å²) in [5.74, 6) is 1.06. The van der Waals surface area contributed by atoms with E-state index in [0.717, 1.165) is 16.9 Å². The maximum Gasteiger partial charge on any atom is 0.343 e. The van der Waals surface area contributed by atoms with Gasteiger partial charge in [0.1, 0.15) is 0 Å². The average Bonchev–Trinajstić information content (AvgIpc) is 3.20. The largest absolute Gasteiger partial charge is 0.493 e. The second kappa shape index (κ2) is 9.09. The van der Waals surface area contributed by atoms with Gasteiger partial charge >= 0.3 is 5.97 Å². The normalized spacial score (nSPS) is 10.9. The van der Waals surface area contributed by atoms with Gasteiger partial charge in [-0.2, -0.15) is 5.10 Å². The van der Waals surface area contributed by atoms with E-state index < -0.39 is 5.97 Å². The Hall–Kier alpha value is -4.19. The smallest absolute Gasteiger partial charge is 0.343 e. The number of ether oxygens (including phenoxy) is 2. The van der Waals surface area contributed by atoms with Gasteiger partial charge in [-0.25, -0.2) is 14.5 Å². The van der Waals surface area contributed by atoms with Crippen LogP contribution in [0.2, 0.25) is 0 Å². The lowest BCUT2D eigenvalue weighted by Gasteiger charge is -2.10. The third-order valence-electron chi connectivity index (χ3n) is 4.56. The van der Waals surface area contributed by atoms with Crippen molar-refractivity contribution in [1.29, 1.82) is 0 Å². The number of hydrogen-bond acceptors (Lipinski definition) is 5. The minimum atomic E-state index is -0.442. The van der Waals surface area contributed by atoms with Crippen LogP contribution in [0.25, 0.3) is 5.69 Å². The Bertz CT molecular complexity index is 1220. The maximum absolute atomic E-state index is 12.3. The molecule has 3 aromatic carbocycles. The molecule has 0 unspecified atom stereocenters. The van der Waals surface area contributed by atoms with Crippen LogP contribution in [0.15, 0.2) is 89.9 Å². The summed E-state index contributed by atoms with van der Waals surface area (Å²) in [6.07, 6.45) is 1.72. The van der Waals surface area contributed by atoms with Gasteiger partial charge < -0.3 is 9.47 Å². The van der Waals surface area contributed by atoms with Crippen LogP contribution in [0.1, 0.15) is 21.6 Å². The molecule has 4 rings (SSSR count). The van der Waals surface area contributed by atoms with Crippen LogP contribution in [0.5, 0.6) is 11.5 Å². The van der Waals surface area contributed by atoms with E-state index in [9.17, 15) is 4.79 Å². The predicted molar refractivity (Wildman–Crippen MR) is 120 cm³/mol. The SMILES string of the molecule is COc1cc(C=Nc2cc(C)nn2-c2ccccc2)ccc1OC(=O)c1ccccc1. The van der Waals surface area contributed by atoms with Crippen LogP contribution in [-0.4, -0.2) is 29.1 Å². The van der Waals surface area contributed by atoms with Gasteiger partial charge in [0.2, 0.25) is 0 Å². The van der Waals surface area contributed by atoms with Gasteiger partial charge in [0.15, 0.2) is 17.3 Å². The molecule has 31 heavy (non-hydrogen) atoms. The number of esters is 1. The molecular formula is C25H21N3O3. The van der Waals surface area contributed by atoms with Crippen molar-refractivity contribution in [2.75, 3.05) is 7.11 Å². The Balaban J connectivity index is 1.57. The minimum absolute atomic E-state index is 0.346. The summed E-state index contributed by atoms with van der Waals surface area (Å²) in [6.45, 7) is 1.93. The average molecular weight is 411 g/mol. The van der Waals surface area contributed by atoms with Crippen LogP contribution in [0.3, 0.4) is 0 Å². The maximum atomic E-state index is 12.3. The number of nitrogens with zero attached hydrogens (tertiary/aromatic N) is 3. The molecule has 154 valence electrons. The molecule has 0 spiro atoms. The minimum Gasteiger partial charge on any atom is -0.493 e. The Morgan fingerprint density at radius 2 is 1.65 bits per heavy atom. The third kappa shape index (κ3) is 4.70. The second-order valence-electron chi connectivity index (χ2n) is 6.82. The highest BCUT2D eigenvalue weighted by Crippen LogP contribution is 2.29. The van der Waals surface area contributed by atoms with E-state index in [1.54, 1.807) is 47.3 Å². The van der Waals surface area contributed by atoms with Gasteiger partial charge in [0.25, 0.3) is 0 Å². The van der Waals surface area contributed by atoms with E-state index in [1.807, 2.05) is 55.5 Å². The van der Waals surface area contributed by atoms with E-state index in [-0.39, 0.29) is 0 Å². The number of aryl methyl sites for hydroxylation is 1. The number of carbonyl (C=O) groups excluding carboxylic acids is 1. The lowest BCUT2D eigenvalue weighted by molar-refractivity contribution is 0.0729. The Morgan fingerprint density at radius 3 is 2.35 bits per heavy atom.